The first-order valence-corrected chi connectivity index (χ1v) is 8.46. The van der Waals surface area contributed by atoms with Crippen LogP contribution in [0.2, 0.25) is 0 Å². The highest BCUT2D eigenvalue weighted by Crippen LogP contribution is 2.03. The minimum Gasteiger partial charge on any atom is -0.400 e. The van der Waals surface area contributed by atoms with Gasteiger partial charge in [-0.15, -0.1) is 0 Å². The zero-order valence-electron chi connectivity index (χ0n) is 15.6. The molecule has 0 atom stereocenters. The molecule has 0 unspecified atom stereocenters. The molecule has 0 aromatic heterocycles. The highest BCUT2D eigenvalue weighted by Gasteiger charge is 1.79. The Morgan fingerprint density at radius 1 is 1.04 bits per heavy atom. The van der Waals surface area contributed by atoms with Crippen LogP contribution in [0.5, 0.6) is 0 Å². The first-order chi connectivity index (χ1) is 11.0. The second-order valence-electron chi connectivity index (χ2n) is 4.22. The number of Topliss-reactive ketones (excluding diaryl/α,β-unsaturated/α-hetero) is 1. The predicted molar refractivity (Wildman–Crippen MR) is 107 cm³/mol. The molecule has 3 N–H and O–H groups in total. The van der Waals surface area contributed by atoms with Crippen molar-refractivity contribution in [2.24, 2.45) is 0 Å². The van der Waals surface area contributed by atoms with Gasteiger partial charge in [0.25, 0.3) is 0 Å². The fraction of sp³-hybridized carbons (Fsp3) is 0.588. The summed E-state index contributed by atoms with van der Waals surface area (Å²) in [6, 6.07) is 10.3. The monoisotopic (exact) mass is 406 g/mol. The van der Waals surface area contributed by atoms with Gasteiger partial charge in [-0.1, -0.05) is 70.7 Å². The number of halogens is 3. The SMILES string of the molecule is CC(C)=O.CC(C)O.CCO.CO.Cc1ccccc1.ClC(Cl)Cl. The van der Waals surface area contributed by atoms with Crippen LogP contribution in [0.4, 0.5) is 0 Å². The van der Waals surface area contributed by atoms with E-state index in [1.165, 1.54) is 19.4 Å². The summed E-state index contributed by atoms with van der Waals surface area (Å²) in [7, 11) is 1.00. The topological polar surface area (TPSA) is 77.8 Å². The molecular weight excluding hydrogens is 375 g/mol. The van der Waals surface area contributed by atoms with Crippen molar-refractivity contribution in [1.82, 2.24) is 0 Å². The standard InChI is InChI=1S/C7H8.C3H8O.C3H6O.C2H6O.CHCl3.CH4O/c1-7-5-3-2-4-6-7;2*1-3(2)4;1-2-3;2-1(3)4;1-2/h2-6H,1H3;3-4H,1-2H3;1-2H3;3H,2H2,1H3;1H;2H,1H3. The van der Waals surface area contributed by atoms with Gasteiger partial charge in [0.05, 0.1) is 0 Å². The molecule has 7 heteroatoms. The van der Waals surface area contributed by atoms with Crippen molar-refractivity contribution < 1.29 is 20.1 Å². The summed E-state index contributed by atoms with van der Waals surface area (Å²) >= 11 is 14.4. The molecule has 0 aliphatic rings. The van der Waals surface area contributed by atoms with E-state index in [9.17, 15) is 4.79 Å². The fourth-order valence-corrected chi connectivity index (χ4v) is 0.534. The predicted octanol–water partition coefficient (Wildman–Crippen LogP) is 4.57. The number of carbonyl (C=O) groups excluding carboxylic acids is 1. The van der Waals surface area contributed by atoms with Gasteiger partial charge in [-0.25, -0.2) is 0 Å². The van der Waals surface area contributed by atoms with Crippen LogP contribution in [0, 0.1) is 6.92 Å². The van der Waals surface area contributed by atoms with Crippen molar-refractivity contribution in [3.8, 4) is 0 Å². The summed E-state index contributed by atoms with van der Waals surface area (Å²) in [5.41, 5.74) is 1.32. The number of benzene rings is 1. The van der Waals surface area contributed by atoms with Crippen molar-refractivity contribution in [1.29, 1.82) is 0 Å². The number of aliphatic hydroxyl groups excluding tert-OH is 3. The maximum Gasteiger partial charge on any atom is 0.180 e. The van der Waals surface area contributed by atoms with Gasteiger partial charge < -0.3 is 20.1 Å². The number of hydrogen-bond acceptors (Lipinski definition) is 4. The maximum absolute atomic E-state index is 9.44. The van der Waals surface area contributed by atoms with Crippen LogP contribution in [0.15, 0.2) is 30.3 Å². The molecule has 0 spiro atoms. The molecule has 0 amide bonds. The Hall–Kier alpha value is -0.360. The third-order valence-electron chi connectivity index (χ3n) is 0.940. The van der Waals surface area contributed by atoms with Crippen molar-refractivity contribution in [2.45, 2.75) is 51.9 Å². The summed E-state index contributed by atoms with van der Waals surface area (Å²) in [6.07, 6.45) is -0.167. The zero-order chi connectivity index (χ0) is 20.6. The Balaban J connectivity index is -0.0000000635. The molecule has 4 nitrogen and oxygen atoms in total. The molecule has 0 saturated heterocycles. The average molecular weight is 408 g/mol. The van der Waals surface area contributed by atoms with E-state index >= 15 is 0 Å². The molecule has 0 radical (unpaired) electrons. The molecule has 0 bridgehead atoms. The van der Waals surface area contributed by atoms with Crippen molar-refractivity contribution >= 4 is 40.6 Å². The number of aliphatic hydroxyl groups is 3. The average Bonchev–Trinajstić information content (AvgIpc) is 2.41. The van der Waals surface area contributed by atoms with Gasteiger partial charge in [0.1, 0.15) is 5.78 Å². The van der Waals surface area contributed by atoms with E-state index in [-0.39, 0.29) is 18.5 Å². The normalized spacial score (nSPS) is 7.62. The molecule has 0 fully saturated rings. The van der Waals surface area contributed by atoms with Gasteiger partial charge in [0.2, 0.25) is 0 Å². The lowest BCUT2D eigenvalue weighted by Gasteiger charge is -1.82. The van der Waals surface area contributed by atoms with Crippen LogP contribution < -0.4 is 0 Å². The Morgan fingerprint density at radius 3 is 1.29 bits per heavy atom. The summed E-state index contributed by atoms with van der Waals surface area (Å²) in [4.78, 5) is 9.44. The first kappa shape index (κ1) is 34.9. The van der Waals surface area contributed by atoms with Crippen molar-refractivity contribution in [2.75, 3.05) is 13.7 Å². The minimum absolute atomic E-state index is 0.167. The summed E-state index contributed by atoms with van der Waals surface area (Å²) in [5.74, 6) is 0.167. The van der Waals surface area contributed by atoms with Gasteiger partial charge in [-0.05, 0) is 41.5 Å². The van der Waals surface area contributed by atoms with Crippen molar-refractivity contribution in [3.05, 3.63) is 35.9 Å². The van der Waals surface area contributed by atoms with Crippen LogP contribution in [0.1, 0.15) is 40.2 Å². The summed E-state index contributed by atoms with van der Waals surface area (Å²) in [5, 5.41) is 22.6. The van der Waals surface area contributed by atoms with E-state index in [4.69, 9.17) is 50.1 Å². The summed E-state index contributed by atoms with van der Waals surface area (Å²) < 4.78 is -0.750. The summed E-state index contributed by atoms with van der Waals surface area (Å²) in [6.45, 7) is 10.5. The first-order valence-electron chi connectivity index (χ1n) is 7.15. The van der Waals surface area contributed by atoms with Gasteiger partial charge in [0, 0.05) is 19.8 Å². The second kappa shape index (κ2) is 34.1. The molecule has 0 aliphatic carbocycles. The van der Waals surface area contributed by atoms with Crippen LogP contribution >= 0.6 is 34.8 Å². The number of carbonyl (C=O) groups is 1. The van der Waals surface area contributed by atoms with Crippen LogP contribution in [0.3, 0.4) is 0 Å². The number of hydrogen-bond donors (Lipinski definition) is 3. The van der Waals surface area contributed by atoms with Gasteiger partial charge in [-0.3, -0.25) is 0 Å². The van der Waals surface area contributed by atoms with E-state index in [1.807, 2.05) is 18.2 Å². The maximum atomic E-state index is 9.44. The molecule has 0 heterocycles. The second-order valence-corrected chi connectivity index (χ2v) is 6.20. The molecule has 0 aliphatic heterocycles. The molecule has 1 rings (SSSR count). The molecular formula is C17H33Cl3O4. The Kier molecular flexibility index (Phi) is 49.5. The Bertz CT molecular complexity index is 292. The van der Waals surface area contributed by atoms with E-state index in [0.717, 1.165) is 7.11 Å². The number of alkyl halides is 3. The quantitative estimate of drug-likeness (QED) is 0.550. The number of ketones is 1. The van der Waals surface area contributed by atoms with Crippen molar-refractivity contribution in [3.63, 3.8) is 0 Å². The molecule has 0 saturated carbocycles. The van der Waals surface area contributed by atoms with Crippen LogP contribution in [0.25, 0.3) is 0 Å². The third kappa shape index (κ3) is 158. The molecule has 1 aromatic rings. The lowest BCUT2D eigenvalue weighted by molar-refractivity contribution is -0.114. The highest BCUT2D eigenvalue weighted by atomic mass is 35.6. The van der Waals surface area contributed by atoms with E-state index in [2.05, 4.69) is 19.1 Å². The highest BCUT2D eigenvalue weighted by molar-refractivity contribution is 6.63. The largest absolute Gasteiger partial charge is 0.400 e. The lowest BCUT2D eigenvalue weighted by Crippen LogP contribution is -1.85. The molecule has 24 heavy (non-hydrogen) atoms. The fourth-order valence-electron chi connectivity index (χ4n) is 0.534. The van der Waals surface area contributed by atoms with E-state index in [0.29, 0.717) is 0 Å². The van der Waals surface area contributed by atoms with E-state index < -0.39 is 4.30 Å². The number of rotatable bonds is 0. The van der Waals surface area contributed by atoms with Crippen LogP contribution in [-0.2, 0) is 4.79 Å². The smallest absolute Gasteiger partial charge is 0.180 e. The Labute approximate surface area is 162 Å². The van der Waals surface area contributed by atoms with E-state index in [1.54, 1.807) is 20.8 Å². The minimum atomic E-state index is -0.750. The third-order valence-corrected chi connectivity index (χ3v) is 0.940. The molecule has 146 valence electrons. The Morgan fingerprint density at radius 2 is 1.21 bits per heavy atom. The zero-order valence-corrected chi connectivity index (χ0v) is 17.9. The number of aryl methyl sites for hydroxylation is 1. The van der Waals surface area contributed by atoms with Gasteiger partial charge in [0.15, 0.2) is 4.30 Å². The molecule has 1 aromatic carbocycles. The van der Waals surface area contributed by atoms with Gasteiger partial charge in [-0.2, -0.15) is 0 Å². The van der Waals surface area contributed by atoms with Gasteiger partial charge >= 0.3 is 0 Å². The lowest BCUT2D eigenvalue weighted by atomic mass is 10.2. The van der Waals surface area contributed by atoms with Crippen LogP contribution in [-0.4, -0.2) is 45.2 Å².